The van der Waals surface area contributed by atoms with Crippen molar-refractivity contribution in [3.05, 3.63) is 24.3 Å². The minimum Gasteiger partial charge on any atom is -0.378 e. The van der Waals surface area contributed by atoms with E-state index in [-0.39, 0.29) is 17.9 Å². The molecule has 2 amide bonds. The van der Waals surface area contributed by atoms with E-state index in [2.05, 4.69) is 15.5 Å². The van der Waals surface area contributed by atoms with Crippen LogP contribution in [-0.4, -0.2) is 44.2 Å². The second kappa shape index (κ2) is 7.66. The fraction of sp³-hybridized carbons (Fsp3) is 0.556. The van der Waals surface area contributed by atoms with Crippen molar-refractivity contribution < 1.29 is 14.3 Å². The van der Waals surface area contributed by atoms with Crippen molar-refractivity contribution in [2.24, 2.45) is 5.41 Å². The number of anilines is 2. The highest BCUT2D eigenvalue weighted by molar-refractivity contribution is 6.10. The molecule has 24 heavy (non-hydrogen) atoms. The number of para-hydroxylation sites is 2. The van der Waals surface area contributed by atoms with E-state index in [0.29, 0.717) is 13.2 Å². The van der Waals surface area contributed by atoms with Crippen LogP contribution in [0.1, 0.15) is 27.7 Å². The van der Waals surface area contributed by atoms with Crippen LogP contribution >= 0.6 is 0 Å². The number of benzene rings is 1. The van der Waals surface area contributed by atoms with Crippen molar-refractivity contribution in [2.75, 3.05) is 36.5 Å². The van der Waals surface area contributed by atoms with E-state index in [4.69, 9.17) is 4.74 Å². The maximum Gasteiger partial charge on any atom is 0.239 e. The van der Waals surface area contributed by atoms with Crippen LogP contribution < -0.4 is 15.5 Å². The van der Waals surface area contributed by atoms with Crippen molar-refractivity contribution in [3.63, 3.8) is 0 Å². The van der Waals surface area contributed by atoms with E-state index in [9.17, 15) is 9.59 Å². The molecule has 1 fully saturated rings. The molecule has 1 heterocycles. The van der Waals surface area contributed by atoms with Gasteiger partial charge < -0.3 is 20.3 Å². The average Bonchev–Trinajstić information content (AvgIpc) is 2.55. The predicted octanol–water partition coefficient (Wildman–Crippen LogP) is 2.01. The first-order chi connectivity index (χ1) is 11.3. The SMILES string of the molecule is CC(C)NC(=O)C(C)(C)C(=O)Nc1ccccc1N1CCOCC1. The van der Waals surface area contributed by atoms with E-state index >= 15 is 0 Å². The van der Waals surface area contributed by atoms with Crippen molar-refractivity contribution in [1.29, 1.82) is 0 Å². The van der Waals surface area contributed by atoms with E-state index in [1.54, 1.807) is 13.8 Å². The van der Waals surface area contributed by atoms with Gasteiger partial charge in [-0.15, -0.1) is 0 Å². The minimum atomic E-state index is -1.15. The quantitative estimate of drug-likeness (QED) is 0.809. The van der Waals surface area contributed by atoms with Gasteiger partial charge >= 0.3 is 0 Å². The summed E-state index contributed by atoms with van der Waals surface area (Å²) in [4.78, 5) is 27.2. The largest absolute Gasteiger partial charge is 0.378 e. The molecule has 0 atom stereocenters. The van der Waals surface area contributed by atoms with Gasteiger partial charge in [-0.3, -0.25) is 9.59 Å². The first kappa shape index (κ1) is 18.3. The molecule has 2 rings (SSSR count). The molecule has 0 aliphatic carbocycles. The second-order valence-corrected chi connectivity index (χ2v) is 6.82. The maximum absolute atomic E-state index is 12.7. The smallest absolute Gasteiger partial charge is 0.239 e. The molecule has 2 N–H and O–H groups in total. The lowest BCUT2D eigenvalue weighted by atomic mass is 9.90. The minimum absolute atomic E-state index is 0.00906. The zero-order valence-electron chi connectivity index (χ0n) is 14.9. The van der Waals surface area contributed by atoms with Gasteiger partial charge in [0.15, 0.2) is 0 Å². The lowest BCUT2D eigenvalue weighted by molar-refractivity contribution is -0.138. The van der Waals surface area contributed by atoms with Gasteiger partial charge in [0.05, 0.1) is 24.6 Å². The molecule has 6 nitrogen and oxygen atoms in total. The molecule has 0 saturated carbocycles. The Balaban J connectivity index is 2.15. The summed E-state index contributed by atoms with van der Waals surface area (Å²) in [5.41, 5.74) is 0.520. The molecule has 0 aromatic heterocycles. The molecule has 0 spiro atoms. The van der Waals surface area contributed by atoms with Gasteiger partial charge in [-0.25, -0.2) is 0 Å². The molecule has 1 aromatic carbocycles. The Kier molecular flexibility index (Phi) is 5.83. The van der Waals surface area contributed by atoms with Gasteiger partial charge in [-0.1, -0.05) is 12.1 Å². The summed E-state index contributed by atoms with van der Waals surface area (Å²) in [7, 11) is 0. The van der Waals surface area contributed by atoms with Gasteiger partial charge in [-0.05, 0) is 39.8 Å². The number of rotatable bonds is 5. The highest BCUT2D eigenvalue weighted by Crippen LogP contribution is 2.28. The number of hydrogen-bond donors (Lipinski definition) is 2. The number of nitrogens with zero attached hydrogens (tertiary/aromatic N) is 1. The third-order valence-electron chi connectivity index (χ3n) is 4.06. The van der Waals surface area contributed by atoms with Crippen LogP contribution in [0.2, 0.25) is 0 Å². The number of nitrogens with one attached hydrogen (secondary N) is 2. The number of morpholine rings is 1. The molecule has 1 aliphatic rings. The van der Waals surface area contributed by atoms with Crippen LogP contribution in [0.25, 0.3) is 0 Å². The number of carbonyl (C=O) groups excluding carboxylic acids is 2. The van der Waals surface area contributed by atoms with E-state index < -0.39 is 5.41 Å². The topological polar surface area (TPSA) is 70.7 Å². The van der Waals surface area contributed by atoms with Gasteiger partial charge in [0.2, 0.25) is 11.8 Å². The summed E-state index contributed by atoms with van der Waals surface area (Å²) in [5, 5.41) is 5.72. The fourth-order valence-corrected chi connectivity index (χ4v) is 2.48. The number of carbonyl (C=O) groups is 2. The Hall–Kier alpha value is -2.08. The normalized spacial score (nSPS) is 15.3. The monoisotopic (exact) mass is 333 g/mol. The number of hydrogen-bond acceptors (Lipinski definition) is 4. The lowest BCUT2D eigenvalue weighted by Gasteiger charge is -2.31. The standard InChI is InChI=1S/C18H27N3O3/c1-13(2)19-16(22)18(3,4)17(23)20-14-7-5-6-8-15(14)21-9-11-24-12-10-21/h5-8,13H,9-12H2,1-4H3,(H,19,22)(H,20,23). The van der Waals surface area contributed by atoms with E-state index in [0.717, 1.165) is 24.5 Å². The molecule has 132 valence electrons. The van der Waals surface area contributed by atoms with Crippen molar-refractivity contribution in [1.82, 2.24) is 5.32 Å². The average molecular weight is 333 g/mol. The Morgan fingerprint density at radius 1 is 1.12 bits per heavy atom. The zero-order valence-corrected chi connectivity index (χ0v) is 14.9. The first-order valence-electron chi connectivity index (χ1n) is 8.36. The van der Waals surface area contributed by atoms with Crippen LogP contribution in [0.3, 0.4) is 0 Å². The molecule has 6 heteroatoms. The van der Waals surface area contributed by atoms with Crippen LogP contribution in [-0.2, 0) is 14.3 Å². The Bertz CT molecular complexity index is 593. The van der Waals surface area contributed by atoms with Gasteiger partial charge in [-0.2, -0.15) is 0 Å². The second-order valence-electron chi connectivity index (χ2n) is 6.82. The first-order valence-corrected chi connectivity index (χ1v) is 8.36. The number of ether oxygens (including phenoxy) is 1. The van der Waals surface area contributed by atoms with Crippen LogP contribution in [0.5, 0.6) is 0 Å². The molecule has 1 aromatic rings. The summed E-state index contributed by atoms with van der Waals surface area (Å²) < 4.78 is 5.38. The van der Waals surface area contributed by atoms with Gasteiger partial charge in [0, 0.05) is 19.1 Å². The molecule has 1 aliphatic heterocycles. The summed E-state index contributed by atoms with van der Waals surface area (Å²) >= 11 is 0. The Labute approximate surface area is 143 Å². The molecule has 0 bridgehead atoms. The summed E-state index contributed by atoms with van der Waals surface area (Å²) in [6.45, 7) is 9.93. The van der Waals surface area contributed by atoms with Crippen molar-refractivity contribution >= 4 is 23.2 Å². The molecular formula is C18H27N3O3. The van der Waals surface area contributed by atoms with E-state index in [1.807, 2.05) is 38.1 Å². The Morgan fingerprint density at radius 2 is 1.75 bits per heavy atom. The highest BCUT2D eigenvalue weighted by Gasteiger charge is 2.36. The van der Waals surface area contributed by atoms with Crippen molar-refractivity contribution in [2.45, 2.75) is 33.7 Å². The summed E-state index contributed by atoms with van der Waals surface area (Å²) in [5.74, 6) is -0.597. The molecule has 0 radical (unpaired) electrons. The Morgan fingerprint density at radius 3 is 2.38 bits per heavy atom. The van der Waals surface area contributed by atoms with Crippen LogP contribution in [0.4, 0.5) is 11.4 Å². The highest BCUT2D eigenvalue weighted by atomic mass is 16.5. The fourth-order valence-electron chi connectivity index (χ4n) is 2.48. The van der Waals surface area contributed by atoms with E-state index in [1.165, 1.54) is 0 Å². The third-order valence-corrected chi connectivity index (χ3v) is 4.06. The number of amides is 2. The third kappa shape index (κ3) is 4.26. The molecule has 0 unspecified atom stereocenters. The summed E-state index contributed by atoms with van der Waals surface area (Å²) in [6.07, 6.45) is 0. The van der Waals surface area contributed by atoms with Gasteiger partial charge in [0.1, 0.15) is 5.41 Å². The van der Waals surface area contributed by atoms with Crippen LogP contribution in [0, 0.1) is 5.41 Å². The molecule has 1 saturated heterocycles. The lowest BCUT2D eigenvalue weighted by Crippen LogP contribution is -2.47. The van der Waals surface area contributed by atoms with Crippen molar-refractivity contribution in [3.8, 4) is 0 Å². The zero-order chi connectivity index (χ0) is 17.7. The maximum atomic E-state index is 12.7. The molecular weight excluding hydrogens is 306 g/mol. The summed E-state index contributed by atoms with van der Waals surface area (Å²) in [6, 6.07) is 7.64. The van der Waals surface area contributed by atoms with Crippen LogP contribution in [0.15, 0.2) is 24.3 Å². The van der Waals surface area contributed by atoms with Gasteiger partial charge in [0.25, 0.3) is 0 Å². The predicted molar refractivity (Wildman–Crippen MR) is 95.2 cm³/mol.